The van der Waals surface area contributed by atoms with E-state index in [-0.39, 0.29) is 5.82 Å². The molecule has 0 radical (unpaired) electrons. The summed E-state index contributed by atoms with van der Waals surface area (Å²) in [5, 5.41) is 3.38. The van der Waals surface area contributed by atoms with E-state index in [1.807, 2.05) is 27.1 Å². The molecule has 0 saturated heterocycles. The smallest absolute Gasteiger partial charge is 0.123 e. The van der Waals surface area contributed by atoms with Gasteiger partial charge in [0.1, 0.15) is 5.82 Å². The Bertz CT molecular complexity index is 606. The van der Waals surface area contributed by atoms with Crippen molar-refractivity contribution in [2.24, 2.45) is 0 Å². The zero-order valence-electron chi connectivity index (χ0n) is 12.5. The van der Waals surface area contributed by atoms with Gasteiger partial charge in [0.2, 0.25) is 0 Å². The molecular formula is C17H21FN2. The van der Waals surface area contributed by atoms with Crippen LogP contribution in [0.2, 0.25) is 0 Å². The van der Waals surface area contributed by atoms with Gasteiger partial charge in [-0.25, -0.2) is 4.39 Å². The zero-order chi connectivity index (χ0) is 14.7. The fraction of sp³-hybridized carbons (Fsp3) is 0.294. The lowest BCUT2D eigenvalue weighted by atomic mass is 10.1. The summed E-state index contributed by atoms with van der Waals surface area (Å²) >= 11 is 0. The highest BCUT2D eigenvalue weighted by Gasteiger charge is 2.04. The van der Waals surface area contributed by atoms with Crippen molar-refractivity contribution in [2.75, 3.05) is 24.3 Å². The van der Waals surface area contributed by atoms with Gasteiger partial charge in [-0.05, 0) is 60.9 Å². The third-order valence-electron chi connectivity index (χ3n) is 3.51. The molecule has 1 N–H and O–H groups in total. The van der Waals surface area contributed by atoms with Crippen LogP contribution in [0.4, 0.5) is 15.8 Å². The molecular weight excluding hydrogens is 251 g/mol. The van der Waals surface area contributed by atoms with E-state index in [0.29, 0.717) is 6.54 Å². The summed E-state index contributed by atoms with van der Waals surface area (Å²) in [5.41, 5.74) is 5.53. The highest BCUT2D eigenvalue weighted by molar-refractivity contribution is 5.60. The van der Waals surface area contributed by atoms with Crippen LogP contribution in [0.25, 0.3) is 0 Å². The zero-order valence-corrected chi connectivity index (χ0v) is 12.5. The van der Waals surface area contributed by atoms with Crippen molar-refractivity contribution in [3.05, 3.63) is 58.9 Å². The van der Waals surface area contributed by atoms with Crippen LogP contribution in [0, 0.1) is 19.7 Å². The maximum Gasteiger partial charge on any atom is 0.123 e. The maximum absolute atomic E-state index is 13.3. The van der Waals surface area contributed by atoms with Gasteiger partial charge in [-0.2, -0.15) is 0 Å². The monoisotopic (exact) mass is 272 g/mol. The van der Waals surface area contributed by atoms with Crippen LogP contribution < -0.4 is 10.2 Å². The maximum atomic E-state index is 13.3. The molecule has 2 rings (SSSR count). The largest absolute Gasteiger partial charge is 0.381 e. The first-order valence-corrected chi connectivity index (χ1v) is 6.74. The Hall–Kier alpha value is -2.03. The van der Waals surface area contributed by atoms with Crippen molar-refractivity contribution in [2.45, 2.75) is 20.4 Å². The molecule has 0 aromatic heterocycles. The van der Waals surface area contributed by atoms with Crippen LogP contribution in [0.1, 0.15) is 16.7 Å². The van der Waals surface area contributed by atoms with Crippen molar-refractivity contribution in [3.63, 3.8) is 0 Å². The minimum Gasteiger partial charge on any atom is -0.381 e. The number of nitrogens with one attached hydrogen (secondary N) is 1. The Balaban J connectivity index is 2.13. The van der Waals surface area contributed by atoms with E-state index in [1.165, 1.54) is 17.3 Å². The molecule has 2 aromatic carbocycles. The number of hydrogen-bond acceptors (Lipinski definition) is 2. The summed E-state index contributed by atoms with van der Waals surface area (Å²) in [5.74, 6) is -0.188. The van der Waals surface area contributed by atoms with E-state index in [2.05, 4.69) is 35.3 Å². The van der Waals surface area contributed by atoms with Gasteiger partial charge in [0.25, 0.3) is 0 Å². The summed E-state index contributed by atoms with van der Waals surface area (Å²) in [4.78, 5) is 2.08. The van der Waals surface area contributed by atoms with Crippen LogP contribution in [-0.4, -0.2) is 14.1 Å². The Kier molecular flexibility index (Phi) is 4.28. The average Bonchev–Trinajstić information content (AvgIpc) is 2.40. The molecule has 0 unspecified atom stereocenters. The van der Waals surface area contributed by atoms with Crippen LogP contribution in [0.3, 0.4) is 0 Å². The third kappa shape index (κ3) is 3.29. The quantitative estimate of drug-likeness (QED) is 0.900. The summed E-state index contributed by atoms with van der Waals surface area (Å²) in [6.07, 6.45) is 0. The molecule has 2 aromatic rings. The standard InChI is InChI=1S/C17H21FN2/c1-12-5-6-15(18)10-14(12)11-19-17-8-7-16(20(3)4)9-13(17)2/h5-10,19H,11H2,1-4H3. The van der Waals surface area contributed by atoms with Gasteiger partial charge in [-0.1, -0.05) is 6.07 Å². The molecule has 0 amide bonds. The Labute approximate surface area is 120 Å². The lowest BCUT2D eigenvalue weighted by Crippen LogP contribution is -2.09. The van der Waals surface area contributed by atoms with E-state index in [4.69, 9.17) is 0 Å². The highest BCUT2D eigenvalue weighted by Crippen LogP contribution is 2.22. The SMILES string of the molecule is Cc1ccc(F)cc1CNc1ccc(N(C)C)cc1C. The number of halogens is 1. The van der Waals surface area contributed by atoms with Gasteiger partial charge in [-0.15, -0.1) is 0 Å². The van der Waals surface area contributed by atoms with Crippen LogP contribution in [-0.2, 0) is 6.54 Å². The second kappa shape index (κ2) is 5.95. The van der Waals surface area contributed by atoms with Gasteiger partial charge < -0.3 is 10.2 Å². The van der Waals surface area contributed by atoms with E-state index in [9.17, 15) is 4.39 Å². The lowest BCUT2D eigenvalue weighted by Gasteiger charge is -2.16. The first-order valence-electron chi connectivity index (χ1n) is 6.74. The summed E-state index contributed by atoms with van der Waals surface area (Å²) in [6, 6.07) is 11.2. The van der Waals surface area contributed by atoms with E-state index in [1.54, 1.807) is 6.07 Å². The molecule has 2 nitrogen and oxygen atoms in total. The lowest BCUT2D eigenvalue weighted by molar-refractivity contribution is 0.625. The molecule has 0 aliphatic carbocycles. The number of anilines is 2. The number of aryl methyl sites for hydroxylation is 2. The first-order chi connectivity index (χ1) is 9.47. The van der Waals surface area contributed by atoms with Crippen molar-refractivity contribution in [3.8, 4) is 0 Å². The summed E-state index contributed by atoms with van der Waals surface area (Å²) in [7, 11) is 4.05. The Morgan fingerprint density at radius 1 is 1.00 bits per heavy atom. The van der Waals surface area contributed by atoms with Gasteiger partial charge in [0.05, 0.1) is 0 Å². The molecule has 0 atom stereocenters. The van der Waals surface area contributed by atoms with E-state index in [0.717, 1.165) is 16.8 Å². The highest BCUT2D eigenvalue weighted by atomic mass is 19.1. The molecule has 0 aliphatic heterocycles. The van der Waals surface area contributed by atoms with Crippen LogP contribution >= 0.6 is 0 Å². The molecule has 0 spiro atoms. The van der Waals surface area contributed by atoms with Gasteiger partial charge >= 0.3 is 0 Å². The van der Waals surface area contributed by atoms with Gasteiger partial charge in [0.15, 0.2) is 0 Å². The minimum absolute atomic E-state index is 0.188. The summed E-state index contributed by atoms with van der Waals surface area (Å²) < 4.78 is 13.3. The second-order valence-corrected chi connectivity index (χ2v) is 5.32. The van der Waals surface area contributed by atoms with Crippen molar-refractivity contribution >= 4 is 11.4 Å². The third-order valence-corrected chi connectivity index (χ3v) is 3.51. The normalized spacial score (nSPS) is 10.4. The molecule has 0 fully saturated rings. The minimum atomic E-state index is -0.188. The van der Waals surface area contributed by atoms with Gasteiger partial charge in [-0.3, -0.25) is 0 Å². The van der Waals surface area contributed by atoms with Crippen molar-refractivity contribution in [1.82, 2.24) is 0 Å². The van der Waals surface area contributed by atoms with Crippen LogP contribution in [0.15, 0.2) is 36.4 Å². The predicted molar refractivity (Wildman–Crippen MR) is 84.0 cm³/mol. The summed E-state index contributed by atoms with van der Waals surface area (Å²) in [6.45, 7) is 4.71. The molecule has 0 heterocycles. The first kappa shape index (κ1) is 14.4. The fourth-order valence-electron chi connectivity index (χ4n) is 2.15. The van der Waals surface area contributed by atoms with Crippen molar-refractivity contribution in [1.29, 1.82) is 0 Å². The Morgan fingerprint density at radius 3 is 2.40 bits per heavy atom. The number of nitrogens with zero attached hydrogens (tertiary/aromatic N) is 1. The predicted octanol–water partition coefficient (Wildman–Crippen LogP) is 4.12. The molecule has 0 saturated carbocycles. The number of benzene rings is 2. The molecule has 106 valence electrons. The molecule has 3 heteroatoms. The second-order valence-electron chi connectivity index (χ2n) is 5.32. The molecule has 0 bridgehead atoms. The topological polar surface area (TPSA) is 15.3 Å². The van der Waals surface area contributed by atoms with Crippen LogP contribution in [0.5, 0.6) is 0 Å². The molecule has 0 aliphatic rings. The average molecular weight is 272 g/mol. The van der Waals surface area contributed by atoms with E-state index >= 15 is 0 Å². The Morgan fingerprint density at radius 2 is 1.75 bits per heavy atom. The number of hydrogen-bond donors (Lipinski definition) is 1. The number of rotatable bonds is 4. The van der Waals surface area contributed by atoms with Gasteiger partial charge in [0, 0.05) is 32.0 Å². The molecule has 20 heavy (non-hydrogen) atoms. The van der Waals surface area contributed by atoms with E-state index < -0.39 is 0 Å². The fourth-order valence-corrected chi connectivity index (χ4v) is 2.15. The van der Waals surface area contributed by atoms with Crippen molar-refractivity contribution < 1.29 is 4.39 Å².